The topological polar surface area (TPSA) is 61.9 Å². The largest absolute Gasteiger partial charge is 0.494 e. The van der Waals surface area contributed by atoms with E-state index >= 15 is 0 Å². The number of carbonyl (C=O) groups is 2. The molecule has 0 bridgehead atoms. The van der Waals surface area contributed by atoms with Crippen LogP contribution in [0.25, 0.3) is 0 Å². The summed E-state index contributed by atoms with van der Waals surface area (Å²) >= 11 is 5.69. The van der Waals surface area contributed by atoms with Gasteiger partial charge in [0.1, 0.15) is 17.6 Å². The van der Waals surface area contributed by atoms with Gasteiger partial charge in [-0.05, 0) is 73.1 Å². The van der Waals surface area contributed by atoms with E-state index in [-0.39, 0.29) is 24.1 Å². The van der Waals surface area contributed by atoms with Crippen molar-refractivity contribution in [2.24, 2.45) is 0 Å². The Kier molecular flexibility index (Phi) is 8.28. The van der Waals surface area contributed by atoms with Crippen molar-refractivity contribution in [2.75, 3.05) is 18.5 Å². The Morgan fingerprint density at radius 3 is 2.36 bits per heavy atom. The number of amides is 2. The first-order valence-electron chi connectivity index (χ1n) is 11.9. The molecule has 1 heterocycles. The number of benzene rings is 3. The molecule has 3 aromatic carbocycles. The van der Waals surface area contributed by atoms with Crippen molar-refractivity contribution in [1.29, 1.82) is 0 Å². The highest BCUT2D eigenvalue weighted by Gasteiger charge is 2.43. The summed E-state index contributed by atoms with van der Waals surface area (Å²) in [6.45, 7) is 3.17. The van der Waals surface area contributed by atoms with Crippen molar-refractivity contribution in [1.82, 2.24) is 9.80 Å². The van der Waals surface area contributed by atoms with E-state index in [1.54, 1.807) is 46.2 Å². The van der Waals surface area contributed by atoms with Crippen molar-refractivity contribution in [2.45, 2.75) is 32.4 Å². The number of anilines is 1. The third-order valence-electron chi connectivity index (χ3n) is 5.96. The first-order chi connectivity index (χ1) is 17.4. The van der Waals surface area contributed by atoms with Crippen LogP contribution in [0.15, 0.2) is 78.9 Å². The molecule has 6 nitrogen and oxygen atoms in total. The van der Waals surface area contributed by atoms with Gasteiger partial charge in [0, 0.05) is 18.8 Å². The second-order valence-electron chi connectivity index (χ2n) is 8.49. The van der Waals surface area contributed by atoms with Gasteiger partial charge in [0.25, 0.3) is 5.91 Å². The minimum atomic E-state index is -0.749. The summed E-state index contributed by atoms with van der Waals surface area (Å²) in [4.78, 5) is 29.7. The first-order valence-corrected chi connectivity index (χ1v) is 12.3. The molecule has 36 heavy (non-hydrogen) atoms. The molecule has 0 saturated carbocycles. The number of carbonyl (C=O) groups excluding carboxylic acids is 2. The van der Waals surface area contributed by atoms with Gasteiger partial charge < -0.3 is 15.0 Å². The zero-order chi connectivity index (χ0) is 25.5. The fourth-order valence-corrected chi connectivity index (χ4v) is 4.51. The second kappa shape index (κ2) is 11.8. The van der Waals surface area contributed by atoms with E-state index in [2.05, 4.69) is 5.32 Å². The van der Waals surface area contributed by atoms with Gasteiger partial charge in [-0.15, -0.1) is 0 Å². The molecule has 4 rings (SSSR count). The molecular weight excluding hydrogens is 477 g/mol. The van der Waals surface area contributed by atoms with Crippen molar-refractivity contribution < 1.29 is 18.7 Å². The smallest absolute Gasteiger partial charge is 0.252 e. The number of hydrogen-bond donors (Lipinski definition) is 1. The Labute approximate surface area is 215 Å². The van der Waals surface area contributed by atoms with Crippen LogP contribution in [0.3, 0.4) is 0 Å². The highest BCUT2D eigenvalue weighted by atomic mass is 32.1. The number of nitrogens with zero attached hydrogens (tertiary/aromatic N) is 2. The molecular formula is C28H28FN3O3S. The molecule has 1 fully saturated rings. The van der Waals surface area contributed by atoms with E-state index in [0.29, 0.717) is 42.7 Å². The maximum Gasteiger partial charge on any atom is 0.252 e. The van der Waals surface area contributed by atoms with Gasteiger partial charge in [0.15, 0.2) is 5.11 Å². The standard InChI is InChI=1S/C28H28FN3O3S/c1-2-35-24-14-12-23(13-15-24)30-26(33)18-25-27(34)31(17-16-20-6-4-3-5-7-20)28(36)32(25)19-21-8-10-22(29)11-9-21/h3-15,25H,2,16-19H2,1H3,(H,30,33). The number of ether oxygens (including phenoxy) is 1. The predicted octanol–water partition coefficient (Wildman–Crippen LogP) is 4.79. The minimum Gasteiger partial charge on any atom is -0.494 e. The summed E-state index contributed by atoms with van der Waals surface area (Å²) in [6.07, 6.45) is 0.581. The third-order valence-corrected chi connectivity index (χ3v) is 6.42. The minimum absolute atomic E-state index is 0.0603. The summed E-state index contributed by atoms with van der Waals surface area (Å²) in [7, 11) is 0. The summed E-state index contributed by atoms with van der Waals surface area (Å²) in [5.74, 6) is -0.129. The number of nitrogens with one attached hydrogen (secondary N) is 1. The molecule has 1 unspecified atom stereocenters. The molecule has 0 aliphatic carbocycles. The Balaban J connectivity index is 1.48. The molecule has 1 atom stereocenters. The van der Waals surface area contributed by atoms with Crippen LogP contribution in [0, 0.1) is 5.82 Å². The zero-order valence-corrected chi connectivity index (χ0v) is 20.8. The normalized spacial score (nSPS) is 15.3. The predicted molar refractivity (Wildman–Crippen MR) is 141 cm³/mol. The number of hydrogen-bond acceptors (Lipinski definition) is 4. The van der Waals surface area contributed by atoms with Gasteiger partial charge in [0.05, 0.1) is 13.0 Å². The highest BCUT2D eigenvalue weighted by Crippen LogP contribution is 2.25. The lowest BCUT2D eigenvalue weighted by Gasteiger charge is -2.24. The summed E-state index contributed by atoms with van der Waals surface area (Å²) in [5.41, 5.74) is 2.51. The molecule has 186 valence electrons. The molecule has 2 amide bonds. The van der Waals surface area contributed by atoms with E-state index < -0.39 is 6.04 Å². The molecule has 1 aliphatic heterocycles. The van der Waals surface area contributed by atoms with Crippen molar-refractivity contribution in [3.8, 4) is 5.75 Å². The van der Waals surface area contributed by atoms with Gasteiger partial charge in [-0.25, -0.2) is 4.39 Å². The average molecular weight is 506 g/mol. The van der Waals surface area contributed by atoms with Crippen LogP contribution in [0.4, 0.5) is 10.1 Å². The van der Waals surface area contributed by atoms with Crippen LogP contribution in [-0.2, 0) is 22.6 Å². The quantitative estimate of drug-likeness (QED) is 0.402. The van der Waals surface area contributed by atoms with E-state index in [4.69, 9.17) is 17.0 Å². The van der Waals surface area contributed by atoms with Gasteiger partial charge in [0.2, 0.25) is 5.91 Å². The van der Waals surface area contributed by atoms with Crippen LogP contribution in [0.5, 0.6) is 5.75 Å². The summed E-state index contributed by atoms with van der Waals surface area (Å²) in [6, 6.07) is 22.2. The fraction of sp³-hybridized carbons (Fsp3) is 0.250. The molecule has 8 heteroatoms. The molecule has 1 N–H and O–H groups in total. The SMILES string of the molecule is CCOc1ccc(NC(=O)CC2C(=O)N(CCc3ccccc3)C(=S)N2Cc2ccc(F)cc2)cc1. The van der Waals surface area contributed by atoms with Crippen molar-refractivity contribution in [3.05, 3.63) is 95.8 Å². The van der Waals surface area contributed by atoms with Gasteiger partial charge in [-0.2, -0.15) is 0 Å². The lowest BCUT2D eigenvalue weighted by molar-refractivity contribution is -0.130. The Hall–Kier alpha value is -3.78. The second-order valence-corrected chi connectivity index (χ2v) is 8.85. The monoisotopic (exact) mass is 505 g/mol. The van der Waals surface area contributed by atoms with E-state index in [1.165, 1.54) is 12.1 Å². The number of rotatable bonds is 10. The van der Waals surface area contributed by atoms with E-state index in [1.807, 2.05) is 37.3 Å². The maximum absolute atomic E-state index is 13.4. The van der Waals surface area contributed by atoms with Crippen molar-refractivity contribution >= 4 is 34.8 Å². The highest BCUT2D eigenvalue weighted by molar-refractivity contribution is 7.80. The van der Waals surface area contributed by atoms with Crippen LogP contribution >= 0.6 is 12.2 Å². The Bertz CT molecular complexity index is 1200. The molecule has 0 aromatic heterocycles. The van der Waals surface area contributed by atoms with Crippen LogP contribution in [0.1, 0.15) is 24.5 Å². The summed E-state index contributed by atoms with van der Waals surface area (Å²) in [5, 5.41) is 3.23. The van der Waals surface area contributed by atoms with Crippen LogP contribution < -0.4 is 10.1 Å². The van der Waals surface area contributed by atoms with Crippen molar-refractivity contribution in [3.63, 3.8) is 0 Å². The zero-order valence-electron chi connectivity index (χ0n) is 20.0. The number of thiocarbonyl (C=S) groups is 1. The first kappa shape index (κ1) is 25.3. The number of halogens is 1. The molecule has 0 radical (unpaired) electrons. The van der Waals surface area contributed by atoms with Gasteiger partial charge >= 0.3 is 0 Å². The van der Waals surface area contributed by atoms with Crippen LogP contribution in [-0.4, -0.2) is 45.9 Å². The van der Waals surface area contributed by atoms with Gasteiger partial charge in [-0.3, -0.25) is 14.5 Å². The lowest BCUT2D eigenvalue weighted by atomic mass is 10.1. The third kappa shape index (κ3) is 6.26. The average Bonchev–Trinajstić information content (AvgIpc) is 3.09. The maximum atomic E-state index is 13.4. The van der Waals surface area contributed by atoms with E-state index in [9.17, 15) is 14.0 Å². The van der Waals surface area contributed by atoms with Crippen LogP contribution in [0.2, 0.25) is 0 Å². The molecule has 3 aromatic rings. The Morgan fingerprint density at radius 2 is 1.69 bits per heavy atom. The van der Waals surface area contributed by atoms with Gasteiger partial charge in [-0.1, -0.05) is 42.5 Å². The fourth-order valence-electron chi connectivity index (χ4n) is 4.14. The molecule has 0 spiro atoms. The molecule has 1 saturated heterocycles. The summed E-state index contributed by atoms with van der Waals surface area (Å²) < 4.78 is 18.9. The van der Waals surface area contributed by atoms with E-state index in [0.717, 1.165) is 11.1 Å². The lowest BCUT2D eigenvalue weighted by Crippen LogP contribution is -2.37. The molecule has 1 aliphatic rings. The Morgan fingerprint density at radius 1 is 1.00 bits per heavy atom.